The van der Waals surface area contributed by atoms with E-state index < -0.39 is 12.1 Å². The van der Waals surface area contributed by atoms with E-state index >= 15 is 0 Å². The van der Waals surface area contributed by atoms with Crippen LogP contribution in [0.15, 0.2) is 0 Å². The molecule has 0 aromatic rings. The van der Waals surface area contributed by atoms with Gasteiger partial charge < -0.3 is 25.8 Å². The number of piperidine rings is 1. The predicted molar refractivity (Wildman–Crippen MR) is 90.5 cm³/mol. The highest BCUT2D eigenvalue weighted by Crippen LogP contribution is 2.23. The number of nitrogens with one attached hydrogen (secondary N) is 3. The van der Waals surface area contributed by atoms with Gasteiger partial charge in [0.15, 0.2) is 0 Å². The van der Waals surface area contributed by atoms with Gasteiger partial charge in [0.1, 0.15) is 6.04 Å². The molecule has 3 atom stereocenters. The summed E-state index contributed by atoms with van der Waals surface area (Å²) in [6.07, 6.45) is 3.84. The molecule has 24 heavy (non-hydrogen) atoms. The average molecular weight is 339 g/mol. The van der Waals surface area contributed by atoms with Crippen molar-refractivity contribution < 1.29 is 14.4 Å². The van der Waals surface area contributed by atoms with E-state index in [0.717, 1.165) is 32.2 Å². The Labute approximate surface area is 143 Å². The van der Waals surface area contributed by atoms with Crippen LogP contribution in [0, 0.1) is 0 Å². The van der Waals surface area contributed by atoms with Gasteiger partial charge in [-0.2, -0.15) is 0 Å². The van der Waals surface area contributed by atoms with Crippen molar-refractivity contribution in [1.29, 1.82) is 0 Å². The molecule has 0 radical (unpaired) electrons. The van der Waals surface area contributed by atoms with Gasteiger partial charge in [-0.3, -0.25) is 9.59 Å². The second kappa shape index (κ2) is 8.32. The van der Waals surface area contributed by atoms with E-state index in [2.05, 4.69) is 16.0 Å². The van der Waals surface area contributed by atoms with Gasteiger partial charge in [0, 0.05) is 26.2 Å². The maximum absolute atomic E-state index is 13.0. The quantitative estimate of drug-likeness (QED) is 0.646. The molecule has 0 aromatic heterocycles. The molecule has 0 spiro atoms. The first kappa shape index (κ1) is 18.5. The first-order chi connectivity index (χ1) is 11.5. The number of hydrogen-bond donors (Lipinski definition) is 3. The minimum atomic E-state index is -0.702. The van der Waals surface area contributed by atoms with Crippen molar-refractivity contribution >= 4 is 17.8 Å². The Hall–Kier alpha value is -1.83. The summed E-state index contributed by atoms with van der Waals surface area (Å²) < 4.78 is 0. The molecule has 8 heteroatoms. The Morgan fingerprint density at radius 3 is 2.58 bits per heavy atom. The van der Waals surface area contributed by atoms with Crippen molar-refractivity contribution in [3.63, 3.8) is 0 Å². The summed E-state index contributed by atoms with van der Waals surface area (Å²) in [5.74, 6) is -0.313. The molecule has 2 aliphatic heterocycles. The van der Waals surface area contributed by atoms with E-state index in [4.69, 9.17) is 0 Å². The number of hydrogen-bond acceptors (Lipinski definition) is 4. The van der Waals surface area contributed by atoms with E-state index in [-0.39, 0.29) is 30.4 Å². The molecule has 0 unspecified atom stereocenters. The molecule has 136 valence electrons. The lowest BCUT2D eigenvalue weighted by Gasteiger charge is -2.42. The highest BCUT2D eigenvalue weighted by Gasteiger charge is 2.37. The minimum absolute atomic E-state index is 0.0787. The summed E-state index contributed by atoms with van der Waals surface area (Å²) in [7, 11) is 3.27. The molecular weight excluding hydrogens is 310 g/mol. The highest BCUT2D eigenvalue weighted by atomic mass is 16.2. The average Bonchev–Trinajstić information content (AvgIpc) is 2.61. The van der Waals surface area contributed by atoms with Crippen LogP contribution in [0.1, 0.15) is 32.6 Å². The fourth-order valence-electron chi connectivity index (χ4n) is 3.36. The predicted octanol–water partition coefficient (Wildman–Crippen LogP) is -0.495. The lowest BCUT2D eigenvalue weighted by Crippen LogP contribution is -2.62. The summed E-state index contributed by atoms with van der Waals surface area (Å²) in [5.41, 5.74) is 0. The Morgan fingerprint density at radius 1 is 1.17 bits per heavy atom. The smallest absolute Gasteiger partial charge is 0.317 e. The van der Waals surface area contributed by atoms with Crippen LogP contribution in [0.5, 0.6) is 0 Å². The fourth-order valence-corrected chi connectivity index (χ4v) is 3.36. The van der Waals surface area contributed by atoms with E-state index in [0.29, 0.717) is 6.54 Å². The van der Waals surface area contributed by atoms with E-state index in [1.165, 1.54) is 0 Å². The normalized spacial score (nSPS) is 26.0. The van der Waals surface area contributed by atoms with E-state index in [1.807, 2.05) is 4.90 Å². The van der Waals surface area contributed by atoms with Crippen LogP contribution < -0.4 is 16.0 Å². The maximum atomic E-state index is 13.0. The molecule has 0 saturated carbocycles. The monoisotopic (exact) mass is 339 g/mol. The van der Waals surface area contributed by atoms with Gasteiger partial charge >= 0.3 is 6.03 Å². The number of likely N-dealkylation sites (N-methyl/N-ethyl adjacent to an activating group) is 1. The number of carbonyl (C=O) groups excluding carboxylic acids is 3. The number of nitrogens with zero attached hydrogens (tertiary/aromatic N) is 2. The SMILES string of the molecule is CNC(=O)N1CC[C@H]2CCCCN2C(=O)[C@@H](NC(=O)[C@H](C)NC)C1. The van der Waals surface area contributed by atoms with E-state index in [9.17, 15) is 14.4 Å². The maximum Gasteiger partial charge on any atom is 0.317 e. The third kappa shape index (κ3) is 4.17. The minimum Gasteiger partial charge on any atom is -0.341 e. The number of fused-ring (bicyclic) bond motifs is 1. The molecule has 2 aliphatic rings. The topological polar surface area (TPSA) is 93.8 Å². The molecule has 8 nitrogen and oxygen atoms in total. The molecule has 2 fully saturated rings. The van der Waals surface area contributed by atoms with Crippen molar-refractivity contribution in [3.8, 4) is 0 Å². The van der Waals surface area contributed by atoms with Gasteiger partial charge in [-0.25, -0.2) is 4.79 Å². The molecule has 0 aliphatic carbocycles. The summed E-state index contributed by atoms with van der Waals surface area (Å²) in [4.78, 5) is 40.8. The Bertz CT molecular complexity index is 484. The largest absolute Gasteiger partial charge is 0.341 e. The summed E-state index contributed by atoms with van der Waals surface area (Å²) in [6.45, 7) is 3.26. The number of amides is 4. The van der Waals surface area contributed by atoms with Gasteiger partial charge in [-0.05, 0) is 39.7 Å². The van der Waals surface area contributed by atoms with Crippen LogP contribution in [-0.2, 0) is 9.59 Å². The highest BCUT2D eigenvalue weighted by molar-refractivity contribution is 5.90. The fraction of sp³-hybridized carbons (Fsp3) is 0.812. The van der Waals surface area contributed by atoms with Crippen molar-refractivity contribution in [1.82, 2.24) is 25.8 Å². The zero-order chi connectivity index (χ0) is 17.7. The van der Waals surface area contributed by atoms with Gasteiger partial charge in [0.2, 0.25) is 11.8 Å². The number of carbonyl (C=O) groups is 3. The zero-order valence-electron chi connectivity index (χ0n) is 14.8. The molecule has 4 amide bonds. The molecule has 2 saturated heterocycles. The van der Waals surface area contributed by atoms with Crippen molar-refractivity contribution in [3.05, 3.63) is 0 Å². The Kier molecular flexibility index (Phi) is 6.42. The molecule has 3 N–H and O–H groups in total. The second-order valence-electron chi connectivity index (χ2n) is 6.54. The van der Waals surface area contributed by atoms with Crippen LogP contribution in [0.3, 0.4) is 0 Å². The Balaban J connectivity index is 2.19. The van der Waals surface area contributed by atoms with Crippen molar-refractivity contribution in [2.45, 2.75) is 50.7 Å². The summed E-state index contributed by atoms with van der Waals surface area (Å²) >= 11 is 0. The molecular formula is C16H29N5O3. The zero-order valence-corrected chi connectivity index (χ0v) is 14.8. The van der Waals surface area contributed by atoms with E-state index in [1.54, 1.807) is 25.9 Å². The first-order valence-electron chi connectivity index (χ1n) is 8.72. The third-order valence-electron chi connectivity index (χ3n) is 4.99. The number of urea groups is 1. The van der Waals surface area contributed by atoms with Crippen LogP contribution in [0.25, 0.3) is 0 Å². The van der Waals surface area contributed by atoms with Crippen molar-refractivity contribution in [2.75, 3.05) is 33.7 Å². The van der Waals surface area contributed by atoms with Crippen LogP contribution in [0.4, 0.5) is 4.79 Å². The lowest BCUT2D eigenvalue weighted by molar-refractivity contribution is -0.141. The van der Waals surface area contributed by atoms with Gasteiger partial charge in [0.25, 0.3) is 0 Å². The van der Waals surface area contributed by atoms with Crippen LogP contribution in [-0.4, -0.2) is 79.5 Å². The number of rotatable bonds is 3. The second-order valence-corrected chi connectivity index (χ2v) is 6.54. The standard InChI is InChI=1S/C16H29N5O3/c1-11(17-2)14(22)19-13-10-20(16(24)18-3)9-7-12-6-4-5-8-21(12)15(13)23/h11-13,17H,4-10H2,1-3H3,(H,18,24)(H,19,22)/t11-,12+,13-/m0/s1. The van der Waals surface area contributed by atoms with Gasteiger partial charge in [0.05, 0.1) is 12.6 Å². The molecule has 0 bridgehead atoms. The van der Waals surface area contributed by atoms with Crippen LogP contribution >= 0.6 is 0 Å². The lowest BCUT2D eigenvalue weighted by atomic mass is 9.96. The molecule has 0 aromatic carbocycles. The third-order valence-corrected chi connectivity index (χ3v) is 4.99. The first-order valence-corrected chi connectivity index (χ1v) is 8.72. The van der Waals surface area contributed by atoms with Gasteiger partial charge in [-0.15, -0.1) is 0 Å². The molecule has 2 rings (SSSR count). The summed E-state index contributed by atoms with van der Waals surface area (Å²) in [5, 5.41) is 8.30. The van der Waals surface area contributed by atoms with Crippen LogP contribution in [0.2, 0.25) is 0 Å². The van der Waals surface area contributed by atoms with Gasteiger partial charge in [-0.1, -0.05) is 0 Å². The summed E-state index contributed by atoms with van der Waals surface area (Å²) in [6, 6.07) is -1.16. The van der Waals surface area contributed by atoms with Crippen molar-refractivity contribution in [2.24, 2.45) is 0 Å². The molecule has 2 heterocycles. The Morgan fingerprint density at radius 2 is 1.92 bits per heavy atom.